The largest absolute Gasteiger partial charge is 0.489 e. The maximum absolute atomic E-state index is 10.7. The molecule has 20 heavy (non-hydrogen) atoms. The number of rotatable bonds is 3. The lowest BCUT2D eigenvalue weighted by Crippen LogP contribution is -2.43. The first-order valence-electron chi connectivity index (χ1n) is 6.87. The number of hydrogen-bond donors (Lipinski definition) is 0. The van der Waals surface area contributed by atoms with Crippen LogP contribution in [-0.4, -0.2) is 35.1 Å². The van der Waals surface area contributed by atoms with Gasteiger partial charge in [0.2, 0.25) is 0 Å². The van der Waals surface area contributed by atoms with E-state index in [1.165, 1.54) is 25.0 Å². The Bertz CT molecular complexity index is 523. The molecule has 5 nitrogen and oxygen atoms in total. The van der Waals surface area contributed by atoms with Crippen LogP contribution in [0.2, 0.25) is 5.02 Å². The van der Waals surface area contributed by atoms with Crippen LogP contribution >= 0.6 is 11.6 Å². The molecular formula is C14H17ClN2O3. The molecule has 2 unspecified atom stereocenters. The number of halogens is 1. The van der Waals surface area contributed by atoms with Gasteiger partial charge < -0.3 is 9.64 Å². The molecule has 108 valence electrons. The van der Waals surface area contributed by atoms with Crippen molar-refractivity contribution in [2.75, 3.05) is 7.05 Å². The summed E-state index contributed by atoms with van der Waals surface area (Å²) < 4.78 is 5.97. The number of non-ortho nitro benzene ring substituents is 1. The third-order valence-corrected chi connectivity index (χ3v) is 4.77. The highest BCUT2D eigenvalue weighted by Crippen LogP contribution is 2.37. The number of piperidine rings is 1. The first kappa shape index (κ1) is 13.6. The third kappa shape index (κ3) is 2.47. The summed E-state index contributed by atoms with van der Waals surface area (Å²) in [6.45, 7) is 0. The summed E-state index contributed by atoms with van der Waals surface area (Å²) in [4.78, 5) is 12.7. The molecule has 2 aliphatic heterocycles. The molecule has 0 amide bonds. The van der Waals surface area contributed by atoms with Crippen molar-refractivity contribution in [3.8, 4) is 5.75 Å². The van der Waals surface area contributed by atoms with Crippen LogP contribution in [0, 0.1) is 10.1 Å². The number of nitro groups is 1. The average Bonchev–Trinajstić information content (AvgIpc) is 2.64. The van der Waals surface area contributed by atoms with Gasteiger partial charge in [-0.05, 0) is 38.8 Å². The SMILES string of the molecule is CN1C2CCC1CC(Oc1ccc([N+](=O)[O-])cc1Cl)C2. The van der Waals surface area contributed by atoms with Crippen molar-refractivity contribution in [3.63, 3.8) is 0 Å². The summed E-state index contributed by atoms with van der Waals surface area (Å²) in [5.74, 6) is 0.547. The predicted octanol–water partition coefficient (Wildman–Crippen LogP) is 3.25. The van der Waals surface area contributed by atoms with Crippen molar-refractivity contribution in [2.45, 2.75) is 43.9 Å². The Morgan fingerprint density at radius 2 is 2.00 bits per heavy atom. The average molecular weight is 297 g/mol. The second-order valence-electron chi connectivity index (χ2n) is 5.63. The van der Waals surface area contributed by atoms with Crippen LogP contribution in [0.25, 0.3) is 0 Å². The van der Waals surface area contributed by atoms with Crippen molar-refractivity contribution >= 4 is 17.3 Å². The van der Waals surface area contributed by atoms with Crippen LogP contribution in [0.15, 0.2) is 18.2 Å². The highest BCUT2D eigenvalue weighted by Gasteiger charge is 2.39. The Morgan fingerprint density at radius 3 is 2.55 bits per heavy atom. The van der Waals surface area contributed by atoms with E-state index in [2.05, 4.69) is 11.9 Å². The molecule has 0 spiro atoms. The number of hydrogen-bond acceptors (Lipinski definition) is 4. The van der Waals surface area contributed by atoms with Gasteiger partial charge in [-0.2, -0.15) is 0 Å². The van der Waals surface area contributed by atoms with Gasteiger partial charge in [0.1, 0.15) is 11.9 Å². The van der Waals surface area contributed by atoms with E-state index in [1.807, 2.05) is 0 Å². The molecule has 6 heteroatoms. The molecule has 0 radical (unpaired) electrons. The Morgan fingerprint density at radius 1 is 1.35 bits per heavy atom. The monoisotopic (exact) mass is 296 g/mol. The Labute approximate surface area is 122 Å². The van der Waals surface area contributed by atoms with E-state index in [0.717, 1.165) is 12.8 Å². The van der Waals surface area contributed by atoms with E-state index >= 15 is 0 Å². The second kappa shape index (κ2) is 5.22. The normalized spacial score (nSPS) is 29.4. The Kier molecular flexibility index (Phi) is 3.56. The molecule has 0 aromatic heterocycles. The first-order valence-corrected chi connectivity index (χ1v) is 7.25. The van der Waals surface area contributed by atoms with E-state index in [9.17, 15) is 10.1 Å². The lowest BCUT2D eigenvalue weighted by molar-refractivity contribution is -0.384. The van der Waals surface area contributed by atoms with Crippen molar-refractivity contribution < 1.29 is 9.66 Å². The fourth-order valence-corrected chi connectivity index (χ4v) is 3.56. The van der Waals surface area contributed by atoms with Gasteiger partial charge in [0.05, 0.1) is 9.95 Å². The molecule has 0 saturated carbocycles. The van der Waals surface area contributed by atoms with E-state index < -0.39 is 4.92 Å². The molecule has 2 bridgehead atoms. The topological polar surface area (TPSA) is 55.6 Å². The van der Waals surface area contributed by atoms with Gasteiger partial charge in [0.25, 0.3) is 5.69 Å². The molecule has 2 saturated heterocycles. The second-order valence-corrected chi connectivity index (χ2v) is 6.04. The van der Waals surface area contributed by atoms with Crippen LogP contribution in [0.1, 0.15) is 25.7 Å². The highest BCUT2D eigenvalue weighted by atomic mass is 35.5. The van der Waals surface area contributed by atoms with E-state index in [0.29, 0.717) is 22.9 Å². The summed E-state index contributed by atoms with van der Waals surface area (Å²) in [7, 11) is 2.18. The molecule has 0 aliphatic carbocycles. The van der Waals surface area contributed by atoms with Crippen LogP contribution in [0.4, 0.5) is 5.69 Å². The predicted molar refractivity (Wildman–Crippen MR) is 76.3 cm³/mol. The zero-order valence-corrected chi connectivity index (χ0v) is 12.0. The fraction of sp³-hybridized carbons (Fsp3) is 0.571. The van der Waals surface area contributed by atoms with Crippen LogP contribution < -0.4 is 4.74 Å². The minimum absolute atomic E-state index is 0.00852. The lowest BCUT2D eigenvalue weighted by Gasteiger charge is -2.36. The summed E-state index contributed by atoms with van der Waals surface area (Å²) in [5, 5.41) is 11.0. The van der Waals surface area contributed by atoms with Gasteiger partial charge in [0, 0.05) is 24.2 Å². The summed E-state index contributed by atoms with van der Waals surface area (Å²) in [6, 6.07) is 5.57. The van der Waals surface area contributed by atoms with Gasteiger partial charge >= 0.3 is 0 Å². The highest BCUT2D eigenvalue weighted by molar-refractivity contribution is 6.32. The molecule has 2 atom stereocenters. The first-order chi connectivity index (χ1) is 9.54. The molecule has 2 fully saturated rings. The number of nitrogens with zero attached hydrogens (tertiary/aromatic N) is 2. The summed E-state index contributed by atoms with van der Waals surface area (Å²) in [5.41, 5.74) is -0.00852. The summed E-state index contributed by atoms with van der Waals surface area (Å²) >= 11 is 6.07. The fourth-order valence-electron chi connectivity index (χ4n) is 3.34. The van der Waals surface area contributed by atoms with Crippen molar-refractivity contribution in [2.24, 2.45) is 0 Å². The zero-order chi connectivity index (χ0) is 14.3. The maximum Gasteiger partial charge on any atom is 0.271 e. The van der Waals surface area contributed by atoms with Crippen molar-refractivity contribution in [1.82, 2.24) is 4.90 Å². The van der Waals surface area contributed by atoms with Crippen LogP contribution in [0.5, 0.6) is 5.75 Å². The van der Waals surface area contributed by atoms with Crippen molar-refractivity contribution in [3.05, 3.63) is 33.3 Å². The molecule has 3 rings (SSSR count). The van der Waals surface area contributed by atoms with E-state index in [4.69, 9.17) is 16.3 Å². The van der Waals surface area contributed by atoms with Crippen molar-refractivity contribution in [1.29, 1.82) is 0 Å². The Balaban J connectivity index is 1.71. The number of nitro benzene ring substituents is 1. The molecule has 1 aromatic carbocycles. The van der Waals surface area contributed by atoms with Gasteiger partial charge in [-0.15, -0.1) is 0 Å². The van der Waals surface area contributed by atoms with Gasteiger partial charge in [-0.3, -0.25) is 10.1 Å². The minimum Gasteiger partial charge on any atom is -0.489 e. The van der Waals surface area contributed by atoms with Gasteiger partial charge in [-0.1, -0.05) is 11.6 Å². The van der Waals surface area contributed by atoms with E-state index in [1.54, 1.807) is 6.07 Å². The Hall–Kier alpha value is -1.33. The van der Waals surface area contributed by atoms with Crippen LogP contribution in [0.3, 0.4) is 0 Å². The molecule has 2 aliphatic rings. The van der Waals surface area contributed by atoms with Gasteiger partial charge in [0.15, 0.2) is 0 Å². The number of benzene rings is 1. The quantitative estimate of drug-likeness (QED) is 0.634. The van der Waals surface area contributed by atoms with Crippen LogP contribution in [-0.2, 0) is 0 Å². The minimum atomic E-state index is -0.453. The standard InChI is InChI=1S/C14H17ClN2O3/c1-16-9-2-3-10(16)7-12(6-9)20-14-5-4-11(17(18)19)8-13(14)15/h4-5,8-10,12H,2-3,6-7H2,1H3. The van der Waals surface area contributed by atoms with Gasteiger partial charge in [-0.25, -0.2) is 0 Å². The summed E-state index contributed by atoms with van der Waals surface area (Å²) in [6.07, 6.45) is 4.62. The zero-order valence-electron chi connectivity index (χ0n) is 11.3. The van der Waals surface area contributed by atoms with E-state index in [-0.39, 0.29) is 11.8 Å². The molecule has 0 N–H and O–H groups in total. The number of ether oxygens (including phenoxy) is 1. The molecular weight excluding hydrogens is 280 g/mol. The number of fused-ring (bicyclic) bond motifs is 2. The third-order valence-electron chi connectivity index (χ3n) is 4.47. The molecule has 1 aromatic rings. The smallest absolute Gasteiger partial charge is 0.271 e. The molecule has 2 heterocycles. The lowest BCUT2D eigenvalue weighted by atomic mass is 10.0. The maximum atomic E-state index is 10.7.